The molecule has 0 aliphatic rings. The number of furan rings is 1. The van der Waals surface area contributed by atoms with Crippen molar-refractivity contribution < 1.29 is 18.7 Å². The molecule has 0 bridgehead atoms. The Kier molecular flexibility index (Phi) is 6.14. The van der Waals surface area contributed by atoms with Crippen LogP contribution in [-0.2, 0) is 6.54 Å². The fraction of sp³-hybridized carbons (Fsp3) is 0.0833. The second-order valence-corrected chi connectivity index (χ2v) is 7.71. The van der Waals surface area contributed by atoms with Crippen molar-refractivity contribution >= 4 is 34.5 Å². The number of nitrogens with one attached hydrogen (secondary N) is 1. The van der Waals surface area contributed by atoms with E-state index in [1.54, 1.807) is 59.7 Å². The number of thiophene rings is 1. The molecule has 2 heterocycles. The van der Waals surface area contributed by atoms with Gasteiger partial charge in [-0.2, -0.15) is 0 Å². The monoisotopic (exact) mass is 432 g/mol. The first-order chi connectivity index (χ1) is 15.1. The quantitative estimate of drug-likeness (QED) is 0.422. The molecule has 4 rings (SSSR count). The van der Waals surface area contributed by atoms with Gasteiger partial charge < -0.3 is 19.4 Å². The molecule has 2 aromatic carbocycles. The Morgan fingerprint density at radius 1 is 1.03 bits per heavy atom. The molecule has 0 aliphatic heterocycles. The van der Waals surface area contributed by atoms with Crippen molar-refractivity contribution in [2.24, 2.45) is 0 Å². The molecule has 0 atom stereocenters. The summed E-state index contributed by atoms with van der Waals surface area (Å²) in [5.74, 6) is 0.372. The van der Waals surface area contributed by atoms with E-state index in [9.17, 15) is 9.59 Å². The number of carbonyl (C=O) groups is 2. The molecular formula is C24H20N2O4S. The highest BCUT2D eigenvalue weighted by molar-refractivity contribution is 7.09. The maximum Gasteiger partial charge on any atom is 0.291 e. The zero-order valence-electron chi connectivity index (χ0n) is 16.8. The fourth-order valence-corrected chi connectivity index (χ4v) is 3.78. The first-order valence-electron chi connectivity index (χ1n) is 9.57. The molecule has 0 spiro atoms. The van der Waals surface area contributed by atoms with E-state index in [-0.39, 0.29) is 17.6 Å². The van der Waals surface area contributed by atoms with Gasteiger partial charge in [0.2, 0.25) is 0 Å². The largest absolute Gasteiger partial charge is 0.497 e. The minimum absolute atomic E-state index is 0.173. The maximum absolute atomic E-state index is 13.5. The van der Waals surface area contributed by atoms with Gasteiger partial charge in [0.15, 0.2) is 5.76 Å². The lowest BCUT2D eigenvalue weighted by Gasteiger charge is -2.23. The number of methoxy groups -OCH3 is 1. The van der Waals surface area contributed by atoms with Crippen molar-refractivity contribution in [2.45, 2.75) is 6.54 Å². The van der Waals surface area contributed by atoms with Gasteiger partial charge in [0.1, 0.15) is 5.75 Å². The summed E-state index contributed by atoms with van der Waals surface area (Å²) in [5, 5.41) is 4.74. The van der Waals surface area contributed by atoms with Crippen LogP contribution in [0.15, 0.2) is 88.9 Å². The van der Waals surface area contributed by atoms with E-state index in [2.05, 4.69) is 5.32 Å². The predicted octanol–water partition coefficient (Wildman–Crippen LogP) is 5.45. The normalized spacial score (nSPS) is 10.5. The van der Waals surface area contributed by atoms with Gasteiger partial charge in [0.25, 0.3) is 11.8 Å². The van der Waals surface area contributed by atoms with Crippen LogP contribution in [0.4, 0.5) is 11.4 Å². The highest BCUT2D eigenvalue weighted by Gasteiger charge is 2.20. The number of benzene rings is 2. The summed E-state index contributed by atoms with van der Waals surface area (Å²) in [7, 11) is 1.60. The Hall–Kier alpha value is -3.84. The summed E-state index contributed by atoms with van der Waals surface area (Å²) in [4.78, 5) is 28.5. The topological polar surface area (TPSA) is 71.8 Å². The van der Waals surface area contributed by atoms with Gasteiger partial charge in [-0.25, -0.2) is 0 Å². The van der Waals surface area contributed by atoms with Crippen molar-refractivity contribution in [1.29, 1.82) is 0 Å². The highest BCUT2D eigenvalue weighted by atomic mass is 32.1. The third kappa shape index (κ3) is 4.84. The predicted molar refractivity (Wildman–Crippen MR) is 121 cm³/mol. The zero-order valence-corrected chi connectivity index (χ0v) is 17.6. The lowest BCUT2D eigenvalue weighted by molar-refractivity contribution is 0.0979. The van der Waals surface area contributed by atoms with Crippen molar-refractivity contribution in [3.8, 4) is 5.75 Å². The van der Waals surface area contributed by atoms with Gasteiger partial charge in [0, 0.05) is 21.8 Å². The lowest BCUT2D eigenvalue weighted by atomic mass is 10.1. The number of amides is 2. The molecule has 4 aromatic rings. The molecular weight excluding hydrogens is 412 g/mol. The van der Waals surface area contributed by atoms with Gasteiger partial charge in [-0.1, -0.05) is 12.1 Å². The Morgan fingerprint density at radius 3 is 2.55 bits per heavy atom. The van der Waals surface area contributed by atoms with Gasteiger partial charge >= 0.3 is 0 Å². The van der Waals surface area contributed by atoms with Crippen molar-refractivity contribution in [2.75, 3.05) is 17.3 Å². The van der Waals surface area contributed by atoms with Crippen LogP contribution in [0, 0.1) is 0 Å². The molecule has 7 heteroatoms. The van der Waals surface area contributed by atoms with Crippen molar-refractivity contribution in [1.82, 2.24) is 0 Å². The van der Waals surface area contributed by atoms with Crippen LogP contribution in [0.5, 0.6) is 5.75 Å². The van der Waals surface area contributed by atoms with E-state index >= 15 is 0 Å². The van der Waals surface area contributed by atoms with E-state index in [0.717, 1.165) is 16.3 Å². The number of hydrogen-bond acceptors (Lipinski definition) is 5. The van der Waals surface area contributed by atoms with Crippen LogP contribution < -0.4 is 15.0 Å². The number of carbonyl (C=O) groups excluding carboxylic acids is 2. The molecule has 0 saturated heterocycles. The summed E-state index contributed by atoms with van der Waals surface area (Å²) in [5.41, 5.74) is 1.73. The van der Waals surface area contributed by atoms with Crippen LogP contribution in [0.1, 0.15) is 25.8 Å². The molecule has 1 N–H and O–H groups in total. The summed E-state index contributed by atoms with van der Waals surface area (Å²) in [6.07, 6.45) is 1.44. The summed E-state index contributed by atoms with van der Waals surface area (Å²) < 4.78 is 10.4. The molecule has 31 heavy (non-hydrogen) atoms. The van der Waals surface area contributed by atoms with Gasteiger partial charge in [-0.15, -0.1) is 11.3 Å². The highest BCUT2D eigenvalue weighted by Crippen LogP contribution is 2.25. The SMILES string of the molecule is COc1ccc(N(Cc2cccs2)C(=O)c2cccc(NC(=O)c3ccco3)c2)cc1. The van der Waals surface area contributed by atoms with E-state index in [1.807, 2.05) is 41.8 Å². The number of anilines is 2. The first-order valence-corrected chi connectivity index (χ1v) is 10.5. The van der Waals surface area contributed by atoms with E-state index in [4.69, 9.17) is 9.15 Å². The van der Waals surface area contributed by atoms with Crippen LogP contribution in [0.25, 0.3) is 0 Å². The van der Waals surface area contributed by atoms with E-state index in [0.29, 0.717) is 17.8 Å². The number of rotatable bonds is 7. The van der Waals surface area contributed by atoms with Crippen LogP contribution >= 0.6 is 11.3 Å². The zero-order chi connectivity index (χ0) is 21.6. The van der Waals surface area contributed by atoms with Gasteiger partial charge in [-0.3, -0.25) is 9.59 Å². The van der Waals surface area contributed by atoms with Crippen LogP contribution in [0.2, 0.25) is 0 Å². The minimum atomic E-state index is -0.375. The van der Waals surface area contributed by atoms with Crippen molar-refractivity contribution in [3.63, 3.8) is 0 Å². The Morgan fingerprint density at radius 2 is 1.87 bits per heavy atom. The van der Waals surface area contributed by atoms with Gasteiger partial charge in [0.05, 0.1) is 19.9 Å². The second kappa shape index (κ2) is 9.32. The third-order valence-electron chi connectivity index (χ3n) is 4.64. The molecule has 2 aromatic heterocycles. The van der Waals surface area contributed by atoms with Crippen LogP contribution in [0.3, 0.4) is 0 Å². The minimum Gasteiger partial charge on any atom is -0.497 e. The average Bonchev–Trinajstić information content (AvgIpc) is 3.52. The number of nitrogens with zero attached hydrogens (tertiary/aromatic N) is 1. The molecule has 2 amide bonds. The summed E-state index contributed by atoms with van der Waals surface area (Å²) in [6.45, 7) is 0.436. The standard InChI is InChI=1S/C24H20N2O4S/c1-29-20-11-9-19(10-12-20)26(16-21-7-4-14-31-21)24(28)17-5-2-6-18(15-17)25-23(27)22-8-3-13-30-22/h2-15H,16H2,1H3,(H,25,27). The second-order valence-electron chi connectivity index (χ2n) is 6.68. The smallest absolute Gasteiger partial charge is 0.291 e. The Labute approximate surface area is 183 Å². The average molecular weight is 433 g/mol. The molecule has 0 saturated carbocycles. The number of hydrogen-bond donors (Lipinski definition) is 1. The van der Waals surface area contributed by atoms with Crippen LogP contribution in [-0.4, -0.2) is 18.9 Å². The Bertz CT molecular complexity index is 1150. The summed E-state index contributed by atoms with van der Waals surface area (Å²) >= 11 is 1.59. The molecule has 6 nitrogen and oxygen atoms in total. The number of ether oxygens (including phenoxy) is 1. The third-order valence-corrected chi connectivity index (χ3v) is 5.50. The van der Waals surface area contributed by atoms with E-state index in [1.165, 1.54) is 6.26 Å². The summed E-state index contributed by atoms with van der Waals surface area (Å²) in [6, 6.07) is 21.4. The van der Waals surface area contributed by atoms with Gasteiger partial charge in [-0.05, 0) is 66.0 Å². The lowest BCUT2D eigenvalue weighted by Crippen LogP contribution is -2.30. The van der Waals surface area contributed by atoms with Crippen molar-refractivity contribution in [3.05, 3.63) is 101 Å². The molecule has 0 aliphatic carbocycles. The Balaban J connectivity index is 1.60. The van der Waals surface area contributed by atoms with E-state index < -0.39 is 0 Å². The molecule has 0 unspecified atom stereocenters. The molecule has 156 valence electrons. The molecule has 0 fully saturated rings. The first kappa shape index (κ1) is 20.4. The maximum atomic E-state index is 13.5. The fourth-order valence-electron chi connectivity index (χ4n) is 3.09. The molecule has 0 radical (unpaired) electrons.